The molecule has 45 heavy (non-hydrogen) atoms. The fourth-order valence-electron chi connectivity index (χ4n) is 4.66. The van der Waals surface area contributed by atoms with Gasteiger partial charge in [-0.1, -0.05) is 24.3 Å². The molecule has 0 atom stereocenters. The first-order valence-corrected chi connectivity index (χ1v) is 14.3. The maximum atomic E-state index is 13.0. The Morgan fingerprint density at radius 1 is 1.04 bits per heavy atom. The third kappa shape index (κ3) is 6.70. The van der Waals surface area contributed by atoms with Crippen molar-refractivity contribution >= 4 is 33.1 Å². The molecule has 0 aliphatic rings. The minimum Gasteiger partial charge on any atom is -0.496 e. The zero-order chi connectivity index (χ0) is 31.7. The summed E-state index contributed by atoms with van der Waals surface area (Å²) in [6.45, 7) is 0.363. The van der Waals surface area contributed by atoms with Crippen LogP contribution < -0.4 is 18.9 Å². The summed E-state index contributed by atoms with van der Waals surface area (Å²) in [5.41, 5.74) is 3.49. The van der Waals surface area contributed by atoms with E-state index in [2.05, 4.69) is 19.8 Å². The van der Waals surface area contributed by atoms with Crippen molar-refractivity contribution in [3.63, 3.8) is 0 Å². The number of furan rings is 1. The maximum Gasteiger partial charge on any atom is 0.422 e. The number of rotatable bonds is 11. The predicted molar refractivity (Wildman–Crippen MR) is 159 cm³/mol. The molecule has 14 heteroatoms. The van der Waals surface area contributed by atoms with Crippen LogP contribution in [-0.4, -0.2) is 52.4 Å². The van der Waals surface area contributed by atoms with Gasteiger partial charge in [-0.15, -0.1) is 5.10 Å². The van der Waals surface area contributed by atoms with Gasteiger partial charge in [0.2, 0.25) is 10.8 Å². The maximum absolute atomic E-state index is 13.0. The second-order valence-corrected chi connectivity index (χ2v) is 10.9. The summed E-state index contributed by atoms with van der Waals surface area (Å²) in [6.07, 6.45) is -1.42. The molecular weight excluding hydrogens is 613 g/mol. The average Bonchev–Trinajstić information content (AvgIpc) is 3.72. The van der Waals surface area contributed by atoms with Crippen molar-refractivity contribution in [1.82, 2.24) is 19.6 Å². The highest BCUT2D eigenvalue weighted by molar-refractivity contribution is 7.18. The molecule has 0 saturated heterocycles. The van der Waals surface area contributed by atoms with E-state index in [0.717, 1.165) is 16.5 Å². The van der Waals surface area contributed by atoms with Crippen LogP contribution in [0.3, 0.4) is 0 Å². The number of Topliss-reactive ketones (excluding diaryl/α,β-unsaturated/α-hetero) is 1. The molecule has 4 heterocycles. The van der Waals surface area contributed by atoms with Crippen molar-refractivity contribution in [1.29, 1.82) is 0 Å². The number of hydrogen-bond acceptors (Lipinski definition) is 10. The molecule has 0 aliphatic carbocycles. The van der Waals surface area contributed by atoms with Crippen LogP contribution in [0.25, 0.3) is 27.4 Å². The Bertz CT molecular complexity index is 1980. The summed E-state index contributed by atoms with van der Waals surface area (Å²) in [5, 5.41) is 5.53. The molecule has 0 N–H and O–H groups in total. The van der Waals surface area contributed by atoms with Gasteiger partial charge in [-0.25, -0.2) is 14.5 Å². The quantitative estimate of drug-likeness (QED) is 0.140. The van der Waals surface area contributed by atoms with Gasteiger partial charge in [0.05, 0.1) is 25.8 Å². The number of ketones is 1. The second kappa shape index (κ2) is 12.1. The van der Waals surface area contributed by atoms with E-state index in [1.54, 1.807) is 44.0 Å². The lowest BCUT2D eigenvalue weighted by atomic mass is 10.00. The number of benzene rings is 2. The molecule has 0 aliphatic heterocycles. The Kier molecular flexibility index (Phi) is 8.06. The van der Waals surface area contributed by atoms with Gasteiger partial charge < -0.3 is 23.4 Å². The van der Waals surface area contributed by atoms with Gasteiger partial charge in [0.15, 0.2) is 18.2 Å². The molecular formula is C31H25F3N4O6S. The van der Waals surface area contributed by atoms with Gasteiger partial charge in [0.25, 0.3) is 5.19 Å². The number of aromatic nitrogens is 4. The summed E-state index contributed by atoms with van der Waals surface area (Å²) >= 11 is 1.31. The number of hydrogen-bond donors (Lipinski definition) is 0. The first-order chi connectivity index (χ1) is 21.6. The van der Waals surface area contributed by atoms with E-state index in [0.29, 0.717) is 49.8 Å². The molecule has 0 spiro atoms. The Hall–Kier alpha value is -5.11. The number of pyridine rings is 1. The summed E-state index contributed by atoms with van der Waals surface area (Å²) < 4.78 is 66.6. The largest absolute Gasteiger partial charge is 0.496 e. The van der Waals surface area contributed by atoms with E-state index < -0.39 is 12.8 Å². The van der Waals surface area contributed by atoms with Crippen LogP contribution in [0, 0.1) is 6.92 Å². The van der Waals surface area contributed by atoms with Crippen LogP contribution in [0.2, 0.25) is 0 Å². The minimum atomic E-state index is -4.48. The number of nitrogens with zero attached hydrogens (tertiary/aromatic N) is 4. The number of aryl methyl sites for hydroxylation is 1. The second-order valence-electron chi connectivity index (χ2n) is 10.0. The molecule has 232 valence electrons. The Labute approximate surface area is 257 Å². The first kappa shape index (κ1) is 29.9. The van der Waals surface area contributed by atoms with Gasteiger partial charge in [-0.2, -0.15) is 13.2 Å². The van der Waals surface area contributed by atoms with Gasteiger partial charge in [0.1, 0.15) is 29.4 Å². The van der Waals surface area contributed by atoms with Crippen molar-refractivity contribution in [2.75, 3.05) is 20.8 Å². The summed E-state index contributed by atoms with van der Waals surface area (Å²) in [4.78, 5) is 22.1. The number of carbonyl (C=O) groups is 1. The van der Waals surface area contributed by atoms with E-state index in [9.17, 15) is 18.0 Å². The number of carbonyl (C=O) groups excluding carboxylic acids is 1. The van der Waals surface area contributed by atoms with E-state index in [1.165, 1.54) is 23.6 Å². The molecule has 0 fully saturated rings. The normalized spacial score (nSPS) is 11.7. The van der Waals surface area contributed by atoms with E-state index in [1.807, 2.05) is 30.3 Å². The van der Waals surface area contributed by atoms with Gasteiger partial charge in [0, 0.05) is 36.4 Å². The smallest absolute Gasteiger partial charge is 0.422 e. The molecule has 2 aromatic carbocycles. The molecule has 0 unspecified atom stereocenters. The molecule has 0 radical (unpaired) electrons. The molecule has 10 nitrogen and oxygen atoms in total. The molecule has 6 rings (SSSR count). The molecule has 0 bridgehead atoms. The molecule has 6 aromatic rings. The number of ether oxygens (including phenoxy) is 4. The topological polar surface area (TPSA) is 110 Å². The third-order valence-electron chi connectivity index (χ3n) is 6.78. The van der Waals surface area contributed by atoms with Crippen LogP contribution in [0.5, 0.6) is 22.6 Å². The number of halogens is 3. The summed E-state index contributed by atoms with van der Waals surface area (Å²) in [5.74, 6) is 1.20. The minimum absolute atomic E-state index is 0.0659. The van der Waals surface area contributed by atoms with Crippen molar-refractivity contribution in [3.05, 3.63) is 83.2 Å². The lowest BCUT2D eigenvalue weighted by Gasteiger charge is -2.11. The number of imidazole rings is 1. The van der Waals surface area contributed by atoms with Crippen LogP contribution in [0.1, 0.15) is 27.0 Å². The lowest BCUT2D eigenvalue weighted by molar-refractivity contribution is -0.154. The van der Waals surface area contributed by atoms with Gasteiger partial charge >= 0.3 is 6.18 Å². The lowest BCUT2D eigenvalue weighted by Crippen LogP contribution is -2.19. The van der Waals surface area contributed by atoms with Gasteiger partial charge in [-0.05, 0) is 41.0 Å². The molecule has 4 aromatic heterocycles. The third-order valence-corrected chi connectivity index (χ3v) is 7.66. The Balaban J connectivity index is 1.17. The summed E-state index contributed by atoms with van der Waals surface area (Å²) in [7, 11) is 3.10. The molecule has 0 saturated carbocycles. The van der Waals surface area contributed by atoms with Crippen LogP contribution in [-0.2, 0) is 13.0 Å². The van der Waals surface area contributed by atoms with Crippen molar-refractivity contribution in [3.8, 4) is 34.0 Å². The van der Waals surface area contributed by atoms with Crippen molar-refractivity contribution < 1.29 is 41.3 Å². The highest BCUT2D eigenvalue weighted by Crippen LogP contribution is 2.37. The van der Waals surface area contributed by atoms with Crippen molar-refractivity contribution in [2.24, 2.45) is 0 Å². The van der Waals surface area contributed by atoms with Crippen LogP contribution in [0.15, 0.2) is 65.3 Å². The van der Waals surface area contributed by atoms with Crippen molar-refractivity contribution in [2.45, 2.75) is 26.1 Å². The Morgan fingerprint density at radius 2 is 1.87 bits per heavy atom. The van der Waals surface area contributed by atoms with E-state index >= 15 is 0 Å². The summed E-state index contributed by atoms with van der Waals surface area (Å²) in [6, 6.07) is 14.1. The average molecular weight is 639 g/mol. The standard InChI is InChI=1S/C31H25F3N4O6S/c1-17-7-28(43-16-31(32,33)34)35-13-22(17)24(39)9-18-5-4-6-19(8-18)15-42-25-10-20(40-2)11-26-21(25)12-27(44-26)23-14-38-29(36-23)45-30(37-38)41-3/h4-8,10-14H,9,15-16H2,1-3H3. The fraction of sp³-hybridized carbons (Fsp3) is 0.226. The predicted octanol–water partition coefficient (Wildman–Crippen LogP) is 6.87. The fourth-order valence-corrected chi connectivity index (χ4v) is 5.36. The van der Waals surface area contributed by atoms with Crippen LogP contribution >= 0.6 is 11.3 Å². The SMILES string of the molecule is COc1cc(OCc2cccc(CC(=O)c3cnc(OCC(F)(F)F)cc3C)c2)c2cc(-c3cn4nc(OC)sc4n3)oc2c1. The molecule has 0 amide bonds. The number of alkyl halides is 3. The zero-order valence-corrected chi connectivity index (χ0v) is 25.0. The monoisotopic (exact) mass is 638 g/mol. The van der Waals surface area contributed by atoms with Crippen LogP contribution in [0.4, 0.5) is 13.2 Å². The number of fused-ring (bicyclic) bond motifs is 2. The van der Waals surface area contributed by atoms with E-state index in [-0.39, 0.29) is 24.7 Å². The highest BCUT2D eigenvalue weighted by Gasteiger charge is 2.29. The first-order valence-electron chi connectivity index (χ1n) is 13.5. The highest BCUT2D eigenvalue weighted by atomic mass is 32.1. The van der Waals surface area contributed by atoms with Gasteiger partial charge in [-0.3, -0.25) is 4.79 Å². The number of methoxy groups -OCH3 is 2. The Morgan fingerprint density at radius 3 is 2.60 bits per heavy atom. The van der Waals surface area contributed by atoms with E-state index in [4.69, 9.17) is 18.6 Å². The zero-order valence-electron chi connectivity index (χ0n) is 24.2.